The maximum Gasteiger partial charge on any atom is 0.0803 e. The Bertz CT molecular complexity index is 204. The quantitative estimate of drug-likeness (QED) is 0.655. The molecule has 1 rings (SSSR count). The molecule has 0 amide bonds. The van der Waals surface area contributed by atoms with Gasteiger partial charge in [0.05, 0.1) is 12.1 Å². The fourth-order valence-electron chi connectivity index (χ4n) is 1.05. The third-order valence-corrected chi connectivity index (χ3v) is 1.62. The summed E-state index contributed by atoms with van der Waals surface area (Å²) in [4.78, 5) is 0. The number of nitrogens with zero attached hydrogens (tertiary/aromatic N) is 2. The fraction of sp³-hybridized carbons (Fsp3) is 0.625. The van der Waals surface area contributed by atoms with E-state index < -0.39 is 0 Å². The van der Waals surface area contributed by atoms with E-state index in [2.05, 4.69) is 18.9 Å². The highest BCUT2D eigenvalue weighted by atomic mass is 16.5. The molecule has 0 N–H and O–H groups in total. The molecular formula is C8H14N2O. The van der Waals surface area contributed by atoms with Gasteiger partial charge in [0.15, 0.2) is 0 Å². The summed E-state index contributed by atoms with van der Waals surface area (Å²) in [6, 6.07) is 1.91. The monoisotopic (exact) mass is 154 g/mol. The van der Waals surface area contributed by atoms with Crippen LogP contribution < -0.4 is 0 Å². The van der Waals surface area contributed by atoms with Gasteiger partial charge in [0, 0.05) is 19.5 Å². The van der Waals surface area contributed by atoms with Crippen molar-refractivity contribution in [1.82, 2.24) is 9.78 Å². The molecule has 0 unspecified atom stereocenters. The molecule has 0 saturated heterocycles. The van der Waals surface area contributed by atoms with Crippen LogP contribution in [-0.4, -0.2) is 23.5 Å². The summed E-state index contributed by atoms with van der Waals surface area (Å²) >= 11 is 0. The van der Waals surface area contributed by atoms with E-state index in [1.807, 2.05) is 16.9 Å². The van der Waals surface area contributed by atoms with Gasteiger partial charge in [-0.2, -0.15) is 5.10 Å². The van der Waals surface area contributed by atoms with Crippen molar-refractivity contribution in [2.45, 2.75) is 19.4 Å². The molecule has 3 heteroatoms. The molecule has 0 bridgehead atoms. The lowest BCUT2D eigenvalue weighted by Crippen LogP contribution is -2.31. The molecule has 62 valence electrons. The Labute approximate surface area is 67.0 Å². The van der Waals surface area contributed by atoms with Gasteiger partial charge in [-0.15, -0.1) is 0 Å². The Kier molecular flexibility index (Phi) is 2.29. The minimum atomic E-state index is -0.0434. The summed E-state index contributed by atoms with van der Waals surface area (Å²) < 4.78 is 6.97. The molecule has 0 aliphatic rings. The third kappa shape index (κ3) is 1.80. The second-order valence-electron chi connectivity index (χ2n) is 3.20. The van der Waals surface area contributed by atoms with E-state index in [9.17, 15) is 0 Å². The van der Waals surface area contributed by atoms with Crippen LogP contribution in [0.1, 0.15) is 13.8 Å². The number of rotatable bonds is 3. The predicted molar refractivity (Wildman–Crippen MR) is 43.4 cm³/mol. The molecule has 0 radical (unpaired) electrons. The van der Waals surface area contributed by atoms with Crippen LogP contribution in [0.2, 0.25) is 0 Å². The van der Waals surface area contributed by atoms with Crippen molar-refractivity contribution in [3.8, 4) is 0 Å². The minimum Gasteiger partial charge on any atom is -0.382 e. The summed E-state index contributed by atoms with van der Waals surface area (Å²) in [5.41, 5.74) is -0.0434. The van der Waals surface area contributed by atoms with E-state index in [1.54, 1.807) is 13.3 Å². The van der Waals surface area contributed by atoms with Gasteiger partial charge in [-0.25, -0.2) is 0 Å². The van der Waals surface area contributed by atoms with Gasteiger partial charge in [-0.05, 0) is 19.9 Å². The highest BCUT2D eigenvalue weighted by molar-refractivity contribution is 4.85. The lowest BCUT2D eigenvalue weighted by Gasteiger charge is -2.23. The zero-order chi connectivity index (χ0) is 8.32. The van der Waals surface area contributed by atoms with Gasteiger partial charge in [-0.3, -0.25) is 4.68 Å². The zero-order valence-corrected chi connectivity index (χ0v) is 7.24. The number of ether oxygens (including phenoxy) is 1. The molecule has 0 aliphatic heterocycles. The van der Waals surface area contributed by atoms with Gasteiger partial charge in [0.25, 0.3) is 0 Å². The van der Waals surface area contributed by atoms with Crippen molar-refractivity contribution < 1.29 is 4.74 Å². The molecule has 0 atom stereocenters. The predicted octanol–water partition coefficient (Wildman–Crippen LogP) is 1.26. The number of methoxy groups -OCH3 is 1. The van der Waals surface area contributed by atoms with Crippen molar-refractivity contribution in [2.24, 2.45) is 0 Å². The highest BCUT2D eigenvalue weighted by Gasteiger charge is 2.19. The first-order valence-corrected chi connectivity index (χ1v) is 3.66. The topological polar surface area (TPSA) is 27.1 Å². The Morgan fingerprint density at radius 1 is 1.55 bits per heavy atom. The van der Waals surface area contributed by atoms with Crippen LogP contribution in [0.3, 0.4) is 0 Å². The Balaban J connectivity index is 2.73. The molecule has 0 aromatic carbocycles. The van der Waals surface area contributed by atoms with Crippen LogP contribution in [0, 0.1) is 0 Å². The van der Waals surface area contributed by atoms with Crippen LogP contribution in [0.4, 0.5) is 0 Å². The van der Waals surface area contributed by atoms with Gasteiger partial charge in [-0.1, -0.05) is 0 Å². The van der Waals surface area contributed by atoms with Crippen LogP contribution in [-0.2, 0) is 10.3 Å². The molecule has 0 aliphatic carbocycles. The lowest BCUT2D eigenvalue weighted by atomic mass is 10.1. The molecule has 0 spiro atoms. The Morgan fingerprint density at radius 2 is 2.27 bits per heavy atom. The summed E-state index contributed by atoms with van der Waals surface area (Å²) in [6.45, 7) is 4.85. The molecular weight excluding hydrogens is 140 g/mol. The van der Waals surface area contributed by atoms with Crippen molar-refractivity contribution in [3.63, 3.8) is 0 Å². The molecule has 11 heavy (non-hydrogen) atoms. The highest BCUT2D eigenvalue weighted by Crippen LogP contribution is 2.12. The van der Waals surface area contributed by atoms with Crippen LogP contribution in [0.15, 0.2) is 18.5 Å². The van der Waals surface area contributed by atoms with Crippen molar-refractivity contribution in [1.29, 1.82) is 0 Å². The Hall–Kier alpha value is -0.830. The molecule has 0 saturated carbocycles. The summed E-state index contributed by atoms with van der Waals surface area (Å²) in [5, 5.41) is 4.14. The maximum atomic E-state index is 5.07. The van der Waals surface area contributed by atoms with Gasteiger partial charge >= 0.3 is 0 Å². The average Bonchev–Trinajstić information content (AvgIpc) is 2.37. The fourth-order valence-corrected chi connectivity index (χ4v) is 1.05. The summed E-state index contributed by atoms with van der Waals surface area (Å²) in [6.07, 6.45) is 3.72. The first-order chi connectivity index (χ1) is 5.17. The number of hydrogen-bond donors (Lipinski definition) is 0. The van der Waals surface area contributed by atoms with E-state index in [4.69, 9.17) is 4.74 Å². The van der Waals surface area contributed by atoms with E-state index in [1.165, 1.54) is 0 Å². The SMILES string of the molecule is COCC(C)(C)n1cccn1. The van der Waals surface area contributed by atoms with E-state index in [0.29, 0.717) is 6.61 Å². The molecule has 1 aromatic rings. The van der Waals surface area contributed by atoms with Crippen molar-refractivity contribution in [3.05, 3.63) is 18.5 Å². The number of hydrogen-bond acceptors (Lipinski definition) is 2. The second-order valence-corrected chi connectivity index (χ2v) is 3.20. The molecule has 3 nitrogen and oxygen atoms in total. The van der Waals surface area contributed by atoms with E-state index in [0.717, 1.165) is 0 Å². The number of aromatic nitrogens is 2. The Morgan fingerprint density at radius 3 is 2.73 bits per heavy atom. The zero-order valence-electron chi connectivity index (χ0n) is 7.24. The minimum absolute atomic E-state index is 0.0434. The standard InChI is InChI=1S/C8H14N2O/c1-8(2,7-11-3)10-6-4-5-9-10/h4-6H,7H2,1-3H3. The van der Waals surface area contributed by atoms with Crippen LogP contribution >= 0.6 is 0 Å². The van der Waals surface area contributed by atoms with Crippen molar-refractivity contribution in [2.75, 3.05) is 13.7 Å². The summed E-state index contributed by atoms with van der Waals surface area (Å²) in [5.74, 6) is 0. The average molecular weight is 154 g/mol. The van der Waals surface area contributed by atoms with Gasteiger partial charge < -0.3 is 4.74 Å². The lowest BCUT2D eigenvalue weighted by molar-refractivity contribution is 0.101. The van der Waals surface area contributed by atoms with E-state index in [-0.39, 0.29) is 5.54 Å². The maximum absolute atomic E-state index is 5.07. The first kappa shape index (κ1) is 8.27. The largest absolute Gasteiger partial charge is 0.382 e. The van der Waals surface area contributed by atoms with E-state index >= 15 is 0 Å². The van der Waals surface area contributed by atoms with Crippen molar-refractivity contribution >= 4 is 0 Å². The molecule has 1 aromatic heterocycles. The molecule has 1 heterocycles. The smallest absolute Gasteiger partial charge is 0.0803 e. The van der Waals surface area contributed by atoms with Crippen LogP contribution in [0.5, 0.6) is 0 Å². The first-order valence-electron chi connectivity index (χ1n) is 3.66. The second kappa shape index (κ2) is 3.05. The molecule has 0 fully saturated rings. The van der Waals surface area contributed by atoms with Crippen LogP contribution in [0.25, 0.3) is 0 Å². The van der Waals surface area contributed by atoms with Gasteiger partial charge in [0.1, 0.15) is 0 Å². The van der Waals surface area contributed by atoms with Gasteiger partial charge in [0.2, 0.25) is 0 Å². The normalized spacial score (nSPS) is 11.9. The third-order valence-electron chi connectivity index (χ3n) is 1.62. The summed E-state index contributed by atoms with van der Waals surface area (Å²) in [7, 11) is 1.70.